The normalized spacial score (nSPS) is 15.2. The number of ether oxygens (including phenoxy) is 1. The molecule has 3 rings (SSSR count). The Balaban J connectivity index is 1.69. The smallest absolute Gasteiger partial charge is 0.308 e. The predicted molar refractivity (Wildman–Crippen MR) is 110 cm³/mol. The number of esters is 1. The molecule has 0 bridgehead atoms. The van der Waals surface area contributed by atoms with Gasteiger partial charge in [0.25, 0.3) is 0 Å². The summed E-state index contributed by atoms with van der Waals surface area (Å²) in [4.78, 5) is 26.0. The molecule has 1 aromatic carbocycles. The number of aromatic nitrogens is 1. The van der Waals surface area contributed by atoms with Crippen molar-refractivity contribution in [1.82, 2.24) is 9.47 Å². The summed E-state index contributed by atoms with van der Waals surface area (Å²) in [6.45, 7) is 7.39. The van der Waals surface area contributed by atoms with Crippen molar-refractivity contribution in [3.05, 3.63) is 58.9 Å². The summed E-state index contributed by atoms with van der Waals surface area (Å²) in [6.07, 6.45) is 4.85. The second-order valence-corrected chi connectivity index (χ2v) is 7.45. The third-order valence-electron chi connectivity index (χ3n) is 5.51. The lowest BCUT2D eigenvalue weighted by Crippen LogP contribution is -2.39. The number of hydrogen-bond acceptors (Lipinski definition) is 3. The molecule has 28 heavy (non-hydrogen) atoms. The number of rotatable bonds is 4. The van der Waals surface area contributed by atoms with E-state index in [0.29, 0.717) is 25.9 Å². The lowest BCUT2D eigenvalue weighted by molar-refractivity contribution is -0.148. The molecule has 0 unspecified atom stereocenters. The van der Waals surface area contributed by atoms with Crippen LogP contribution in [0.15, 0.2) is 36.4 Å². The van der Waals surface area contributed by atoms with E-state index < -0.39 is 0 Å². The number of likely N-dealkylation sites (tertiary alicyclic amines) is 1. The van der Waals surface area contributed by atoms with Crippen molar-refractivity contribution in [2.45, 2.75) is 33.6 Å². The number of aryl methyl sites for hydroxylation is 2. The Morgan fingerprint density at radius 1 is 1.07 bits per heavy atom. The minimum Gasteiger partial charge on any atom is -0.469 e. The Morgan fingerprint density at radius 2 is 1.71 bits per heavy atom. The monoisotopic (exact) mass is 380 g/mol. The molecule has 0 spiro atoms. The summed E-state index contributed by atoms with van der Waals surface area (Å²) in [5, 5.41) is 0. The maximum Gasteiger partial charge on any atom is 0.308 e. The molecule has 0 atom stereocenters. The summed E-state index contributed by atoms with van der Waals surface area (Å²) in [7, 11) is 1.41. The zero-order valence-corrected chi connectivity index (χ0v) is 17.1. The van der Waals surface area contributed by atoms with Gasteiger partial charge in [0.1, 0.15) is 0 Å². The van der Waals surface area contributed by atoms with E-state index in [0.717, 1.165) is 22.6 Å². The Kier molecular flexibility index (Phi) is 6.02. The fourth-order valence-corrected chi connectivity index (χ4v) is 3.82. The lowest BCUT2D eigenvalue weighted by Gasteiger charge is -2.29. The molecule has 1 saturated heterocycles. The minimum absolute atomic E-state index is 0.0107. The van der Waals surface area contributed by atoms with Gasteiger partial charge in [-0.1, -0.05) is 17.7 Å². The van der Waals surface area contributed by atoms with Crippen LogP contribution < -0.4 is 0 Å². The van der Waals surface area contributed by atoms with E-state index in [2.05, 4.69) is 55.7 Å². The highest BCUT2D eigenvalue weighted by molar-refractivity contribution is 5.92. The van der Waals surface area contributed by atoms with Crippen LogP contribution in [0.4, 0.5) is 0 Å². The van der Waals surface area contributed by atoms with Crippen molar-refractivity contribution in [2.75, 3.05) is 20.2 Å². The predicted octanol–water partition coefficient (Wildman–Crippen LogP) is 3.83. The number of amides is 1. The summed E-state index contributed by atoms with van der Waals surface area (Å²) < 4.78 is 7.00. The first-order valence-electron chi connectivity index (χ1n) is 9.71. The number of nitrogens with zero attached hydrogens (tertiary/aromatic N) is 2. The van der Waals surface area contributed by atoms with Gasteiger partial charge in [-0.15, -0.1) is 0 Å². The number of piperidine rings is 1. The summed E-state index contributed by atoms with van der Waals surface area (Å²) in [6, 6.07) is 10.5. The average molecular weight is 380 g/mol. The van der Waals surface area contributed by atoms with Crippen molar-refractivity contribution in [3.63, 3.8) is 0 Å². The van der Waals surface area contributed by atoms with Crippen LogP contribution in [0.3, 0.4) is 0 Å². The summed E-state index contributed by atoms with van der Waals surface area (Å²) in [5.41, 5.74) is 5.63. The van der Waals surface area contributed by atoms with Crippen molar-refractivity contribution < 1.29 is 14.3 Å². The molecule has 1 amide bonds. The van der Waals surface area contributed by atoms with Crippen LogP contribution in [-0.4, -0.2) is 41.5 Å². The molecular weight excluding hydrogens is 352 g/mol. The average Bonchev–Trinajstić information content (AvgIpc) is 2.99. The van der Waals surface area contributed by atoms with Crippen molar-refractivity contribution in [2.24, 2.45) is 5.92 Å². The molecule has 0 N–H and O–H groups in total. The largest absolute Gasteiger partial charge is 0.469 e. The van der Waals surface area contributed by atoms with Crippen molar-refractivity contribution in [1.29, 1.82) is 0 Å². The van der Waals surface area contributed by atoms with Crippen LogP contribution >= 0.6 is 0 Å². The molecule has 5 heteroatoms. The van der Waals surface area contributed by atoms with Crippen LogP contribution in [0, 0.1) is 26.7 Å². The zero-order chi connectivity index (χ0) is 20.3. The Hall–Kier alpha value is -2.82. The van der Waals surface area contributed by atoms with Gasteiger partial charge in [-0.05, 0) is 63.5 Å². The Labute approximate surface area is 166 Å². The van der Waals surface area contributed by atoms with Gasteiger partial charge in [0.05, 0.1) is 13.0 Å². The van der Waals surface area contributed by atoms with Crippen molar-refractivity contribution >= 4 is 18.0 Å². The van der Waals surface area contributed by atoms with Gasteiger partial charge in [-0.25, -0.2) is 0 Å². The zero-order valence-electron chi connectivity index (χ0n) is 17.1. The van der Waals surface area contributed by atoms with Gasteiger partial charge in [0, 0.05) is 36.2 Å². The molecule has 0 radical (unpaired) electrons. The van der Waals surface area contributed by atoms with Gasteiger partial charge in [0.15, 0.2) is 0 Å². The lowest BCUT2D eigenvalue weighted by atomic mass is 9.97. The third kappa shape index (κ3) is 4.19. The van der Waals surface area contributed by atoms with Crippen molar-refractivity contribution in [3.8, 4) is 5.69 Å². The van der Waals surface area contributed by atoms with E-state index in [1.807, 2.05) is 6.08 Å². The topological polar surface area (TPSA) is 51.5 Å². The van der Waals surface area contributed by atoms with E-state index >= 15 is 0 Å². The highest BCUT2D eigenvalue weighted by Gasteiger charge is 2.27. The van der Waals surface area contributed by atoms with Gasteiger partial charge in [-0.3, -0.25) is 9.59 Å². The SMILES string of the molecule is COC(=O)C1CCN(C(=O)C=Cc2cc(C)n(-c3ccc(C)cc3)c2C)CC1. The third-order valence-corrected chi connectivity index (χ3v) is 5.51. The summed E-state index contributed by atoms with van der Waals surface area (Å²) >= 11 is 0. The molecule has 2 aromatic rings. The molecule has 1 aliphatic heterocycles. The molecule has 0 saturated carbocycles. The molecule has 1 aromatic heterocycles. The molecule has 148 valence electrons. The fourth-order valence-electron chi connectivity index (χ4n) is 3.82. The second kappa shape index (κ2) is 8.46. The van der Waals surface area contributed by atoms with E-state index in [-0.39, 0.29) is 17.8 Å². The van der Waals surface area contributed by atoms with Crippen LogP contribution in [0.2, 0.25) is 0 Å². The number of carbonyl (C=O) groups is 2. The minimum atomic E-state index is -0.175. The molecule has 1 fully saturated rings. The fraction of sp³-hybridized carbons (Fsp3) is 0.391. The first-order valence-corrected chi connectivity index (χ1v) is 9.71. The van der Waals surface area contributed by atoms with E-state index in [1.54, 1.807) is 11.0 Å². The maximum absolute atomic E-state index is 12.5. The number of carbonyl (C=O) groups excluding carboxylic acids is 2. The first-order chi connectivity index (χ1) is 13.4. The highest BCUT2D eigenvalue weighted by atomic mass is 16.5. The van der Waals surface area contributed by atoms with E-state index in [1.165, 1.54) is 12.7 Å². The van der Waals surface area contributed by atoms with Gasteiger partial charge >= 0.3 is 5.97 Å². The number of methoxy groups -OCH3 is 1. The highest BCUT2D eigenvalue weighted by Crippen LogP contribution is 2.23. The van der Waals surface area contributed by atoms with Crippen LogP contribution in [0.1, 0.15) is 35.4 Å². The molecule has 0 aliphatic carbocycles. The maximum atomic E-state index is 12.5. The molecule has 1 aliphatic rings. The quantitative estimate of drug-likeness (QED) is 0.598. The van der Waals surface area contributed by atoms with Crippen LogP contribution in [0.5, 0.6) is 0 Å². The number of benzene rings is 1. The summed E-state index contributed by atoms with van der Waals surface area (Å²) in [5.74, 6) is -0.277. The standard InChI is InChI=1S/C23H28N2O3/c1-16-5-8-21(9-6-16)25-17(2)15-20(18(25)3)7-10-22(26)24-13-11-19(12-14-24)23(27)28-4/h5-10,15,19H,11-14H2,1-4H3. The van der Waals surface area contributed by atoms with Crippen LogP contribution in [0.25, 0.3) is 11.8 Å². The Morgan fingerprint density at radius 3 is 2.32 bits per heavy atom. The van der Waals surface area contributed by atoms with Gasteiger partial charge in [0.2, 0.25) is 5.91 Å². The van der Waals surface area contributed by atoms with Gasteiger partial charge < -0.3 is 14.2 Å². The van der Waals surface area contributed by atoms with Crippen LogP contribution in [-0.2, 0) is 14.3 Å². The van der Waals surface area contributed by atoms with E-state index in [9.17, 15) is 9.59 Å². The first kappa shape index (κ1) is 19.9. The second-order valence-electron chi connectivity index (χ2n) is 7.45. The molecular formula is C23H28N2O3. The molecule has 5 nitrogen and oxygen atoms in total. The van der Waals surface area contributed by atoms with Gasteiger partial charge in [-0.2, -0.15) is 0 Å². The number of hydrogen-bond donors (Lipinski definition) is 0. The Bertz CT molecular complexity index is 885. The van der Waals surface area contributed by atoms with E-state index in [4.69, 9.17) is 4.74 Å². The molecule has 2 heterocycles.